The van der Waals surface area contributed by atoms with Gasteiger partial charge in [0, 0.05) is 17.4 Å². The van der Waals surface area contributed by atoms with Crippen LogP contribution in [-0.4, -0.2) is 30.6 Å². The van der Waals surface area contributed by atoms with Crippen molar-refractivity contribution in [3.63, 3.8) is 0 Å². The molecule has 0 aliphatic carbocycles. The third kappa shape index (κ3) is 5.03. The second-order valence-electron chi connectivity index (χ2n) is 4.32. The van der Waals surface area contributed by atoms with E-state index in [0.717, 1.165) is 23.6 Å². The molecule has 3 N–H and O–H groups in total. The first-order chi connectivity index (χ1) is 9.08. The van der Waals surface area contributed by atoms with Crippen molar-refractivity contribution in [2.75, 3.05) is 29.7 Å². The van der Waals surface area contributed by atoms with E-state index in [-0.39, 0.29) is 0 Å². The maximum absolute atomic E-state index is 11.5. The van der Waals surface area contributed by atoms with Gasteiger partial charge in [0.25, 0.3) is 0 Å². The molecule has 0 aliphatic rings. The molecule has 106 valence electrons. The molecule has 0 saturated carbocycles. The Morgan fingerprint density at radius 2 is 2.26 bits per heavy atom. The van der Waals surface area contributed by atoms with Gasteiger partial charge in [0.1, 0.15) is 0 Å². The van der Waals surface area contributed by atoms with E-state index in [9.17, 15) is 4.79 Å². The van der Waals surface area contributed by atoms with Gasteiger partial charge in [0.2, 0.25) is 0 Å². The smallest absolute Gasteiger partial charge is 0.340 e. The molecule has 1 aromatic rings. The molecule has 0 radical (unpaired) electrons. The zero-order chi connectivity index (χ0) is 14.3. The Labute approximate surface area is 119 Å². The van der Waals surface area contributed by atoms with Crippen LogP contribution in [0.4, 0.5) is 11.4 Å². The van der Waals surface area contributed by atoms with E-state index in [1.807, 2.05) is 17.8 Å². The number of carbonyl (C=O) groups is 1. The summed E-state index contributed by atoms with van der Waals surface area (Å²) in [4.78, 5) is 11.5. The first-order valence-corrected chi connectivity index (χ1v) is 7.56. The normalized spacial score (nSPS) is 11.9. The second-order valence-corrected chi connectivity index (χ2v) is 5.72. The van der Waals surface area contributed by atoms with E-state index in [1.54, 1.807) is 12.1 Å². The molecule has 1 aromatic carbocycles. The number of anilines is 2. The van der Waals surface area contributed by atoms with Crippen LogP contribution < -0.4 is 11.1 Å². The van der Waals surface area contributed by atoms with Gasteiger partial charge in [-0.2, -0.15) is 11.8 Å². The third-order valence-corrected chi connectivity index (χ3v) is 3.70. The molecule has 0 amide bonds. The molecule has 0 aliphatic heterocycles. The monoisotopic (exact) mass is 282 g/mol. The van der Waals surface area contributed by atoms with Gasteiger partial charge < -0.3 is 15.8 Å². The number of nitrogen functional groups attached to an aromatic ring is 1. The van der Waals surface area contributed by atoms with Crippen LogP contribution in [0.1, 0.15) is 30.6 Å². The van der Waals surface area contributed by atoms with Crippen molar-refractivity contribution in [1.29, 1.82) is 0 Å². The Hall–Kier alpha value is -1.36. The van der Waals surface area contributed by atoms with Crippen molar-refractivity contribution in [3.05, 3.63) is 23.8 Å². The highest BCUT2D eigenvalue weighted by atomic mass is 32.2. The molecule has 1 atom stereocenters. The molecular formula is C14H22N2O2S. The molecule has 0 spiro atoms. The van der Waals surface area contributed by atoms with Gasteiger partial charge in [-0.25, -0.2) is 4.79 Å². The summed E-state index contributed by atoms with van der Waals surface area (Å²) in [6, 6.07) is 5.70. The summed E-state index contributed by atoms with van der Waals surface area (Å²) in [6.45, 7) is 4.29. The van der Waals surface area contributed by atoms with E-state index in [1.165, 1.54) is 7.11 Å². The number of hydrogen-bond acceptors (Lipinski definition) is 5. The second kappa shape index (κ2) is 7.94. The van der Waals surface area contributed by atoms with E-state index < -0.39 is 5.97 Å². The van der Waals surface area contributed by atoms with Crippen LogP contribution in [0.2, 0.25) is 0 Å². The average Bonchev–Trinajstić information content (AvgIpc) is 2.40. The lowest BCUT2D eigenvalue weighted by atomic mass is 10.1. The number of esters is 1. The zero-order valence-electron chi connectivity index (χ0n) is 11.7. The molecule has 4 nitrogen and oxygen atoms in total. The Balaban J connectivity index is 2.66. The first-order valence-electron chi connectivity index (χ1n) is 6.40. The lowest BCUT2D eigenvalue weighted by molar-refractivity contribution is 0.0602. The number of rotatable bonds is 7. The van der Waals surface area contributed by atoms with Crippen LogP contribution in [0.15, 0.2) is 18.2 Å². The number of nitrogens with two attached hydrogens (primary N) is 1. The Kier molecular flexibility index (Phi) is 6.56. The summed E-state index contributed by atoms with van der Waals surface area (Å²) in [5.74, 6) is 1.86. The fourth-order valence-corrected chi connectivity index (χ4v) is 2.50. The highest BCUT2D eigenvalue weighted by Gasteiger charge is 2.11. The summed E-state index contributed by atoms with van der Waals surface area (Å²) in [7, 11) is 1.35. The minimum Gasteiger partial charge on any atom is -0.465 e. The molecule has 19 heavy (non-hydrogen) atoms. The molecular weight excluding hydrogens is 260 g/mol. The highest BCUT2D eigenvalue weighted by molar-refractivity contribution is 7.99. The van der Waals surface area contributed by atoms with Crippen molar-refractivity contribution in [2.24, 2.45) is 0 Å². The standard InChI is InChI=1S/C14H22N2O2S/c1-4-19-8-7-10(2)16-11-5-6-13(15)12(9-11)14(17)18-3/h5-6,9-10,16H,4,7-8,15H2,1-3H3. The molecule has 0 fully saturated rings. The summed E-state index contributed by atoms with van der Waals surface area (Å²) in [5.41, 5.74) is 7.50. The zero-order valence-corrected chi connectivity index (χ0v) is 12.5. The first kappa shape index (κ1) is 15.7. The number of benzene rings is 1. The summed E-state index contributed by atoms with van der Waals surface area (Å²) < 4.78 is 4.71. The number of thioether (sulfide) groups is 1. The van der Waals surface area contributed by atoms with Gasteiger partial charge in [-0.1, -0.05) is 6.92 Å². The SMILES string of the molecule is CCSCCC(C)Nc1ccc(N)c(C(=O)OC)c1. The van der Waals surface area contributed by atoms with Gasteiger partial charge in [0.15, 0.2) is 0 Å². The van der Waals surface area contributed by atoms with E-state index in [2.05, 4.69) is 19.2 Å². The van der Waals surface area contributed by atoms with Crippen molar-refractivity contribution in [3.8, 4) is 0 Å². The molecule has 1 rings (SSSR count). The number of carbonyl (C=O) groups excluding carboxylic acids is 1. The van der Waals surface area contributed by atoms with Crippen molar-refractivity contribution in [1.82, 2.24) is 0 Å². The topological polar surface area (TPSA) is 64.3 Å². The summed E-state index contributed by atoms with van der Waals surface area (Å²) >= 11 is 1.93. The van der Waals surface area contributed by atoms with Gasteiger partial charge in [0.05, 0.1) is 12.7 Å². The predicted molar refractivity (Wildman–Crippen MR) is 82.9 cm³/mol. The molecule has 5 heteroatoms. The van der Waals surface area contributed by atoms with Crippen molar-refractivity contribution in [2.45, 2.75) is 26.3 Å². The average molecular weight is 282 g/mol. The van der Waals surface area contributed by atoms with Gasteiger partial charge in [-0.15, -0.1) is 0 Å². The van der Waals surface area contributed by atoms with Crippen LogP contribution in [0.3, 0.4) is 0 Å². The molecule has 1 unspecified atom stereocenters. The van der Waals surface area contributed by atoms with E-state index in [0.29, 0.717) is 17.3 Å². The quantitative estimate of drug-likeness (QED) is 0.457. The maximum atomic E-state index is 11.5. The number of ether oxygens (including phenoxy) is 1. The Bertz CT molecular complexity index is 424. The maximum Gasteiger partial charge on any atom is 0.340 e. The minimum absolute atomic E-state index is 0.355. The lowest BCUT2D eigenvalue weighted by Gasteiger charge is -2.16. The Morgan fingerprint density at radius 1 is 1.53 bits per heavy atom. The number of methoxy groups -OCH3 is 1. The van der Waals surface area contributed by atoms with Crippen LogP contribution in [0, 0.1) is 0 Å². The van der Waals surface area contributed by atoms with Gasteiger partial charge in [-0.05, 0) is 43.0 Å². The van der Waals surface area contributed by atoms with Crippen molar-refractivity contribution < 1.29 is 9.53 Å². The van der Waals surface area contributed by atoms with Gasteiger partial charge in [-0.3, -0.25) is 0 Å². The predicted octanol–water partition coefficient (Wildman–Crippen LogP) is 3.00. The molecule has 0 saturated heterocycles. The molecule has 0 heterocycles. The van der Waals surface area contributed by atoms with Crippen LogP contribution in [0.5, 0.6) is 0 Å². The van der Waals surface area contributed by atoms with E-state index in [4.69, 9.17) is 10.5 Å². The molecule has 0 aromatic heterocycles. The summed E-state index contributed by atoms with van der Waals surface area (Å²) in [6.07, 6.45) is 1.08. The summed E-state index contributed by atoms with van der Waals surface area (Å²) in [5, 5.41) is 3.37. The third-order valence-electron chi connectivity index (χ3n) is 2.77. The van der Waals surface area contributed by atoms with Gasteiger partial charge >= 0.3 is 5.97 Å². The molecule has 0 bridgehead atoms. The number of nitrogens with one attached hydrogen (secondary N) is 1. The Morgan fingerprint density at radius 3 is 2.89 bits per heavy atom. The highest BCUT2D eigenvalue weighted by Crippen LogP contribution is 2.20. The van der Waals surface area contributed by atoms with E-state index >= 15 is 0 Å². The minimum atomic E-state index is -0.407. The number of hydrogen-bond donors (Lipinski definition) is 2. The van der Waals surface area contributed by atoms with Crippen LogP contribution in [-0.2, 0) is 4.74 Å². The fraction of sp³-hybridized carbons (Fsp3) is 0.500. The lowest BCUT2D eigenvalue weighted by Crippen LogP contribution is -2.16. The van der Waals surface area contributed by atoms with Crippen LogP contribution >= 0.6 is 11.8 Å². The fourth-order valence-electron chi connectivity index (χ4n) is 1.69. The van der Waals surface area contributed by atoms with Crippen LogP contribution in [0.25, 0.3) is 0 Å². The largest absolute Gasteiger partial charge is 0.465 e. The van der Waals surface area contributed by atoms with Crippen molar-refractivity contribution >= 4 is 29.1 Å².